The molecule has 3 aromatic rings. The van der Waals surface area contributed by atoms with Crippen molar-refractivity contribution in [1.29, 1.82) is 0 Å². The Morgan fingerprint density at radius 3 is 2.81 bits per heavy atom. The highest BCUT2D eigenvalue weighted by molar-refractivity contribution is 6.34. The number of carbonyl (C=O) groups is 2. The van der Waals surface area contributed by atoms with E-state index >= 15 is 0 Å². The quantitative estimate of drug-likeness (QED) is 0.650. The van der Waals surface area contributed by atoms with Crippen molar-refractivity contribution in [2.75, 3.05) is 11.9 Å². The highest BCUT2D eigenvalue weighted by Crippen LogP contribution is 2.43. The minimum atomic E-state index is -0.628. The Labute approximate surface area is 191 Å². The summed E-state index contributed by atoms with van der Waals surface area (Å²) in [4.78, 5) is 34.1. The number of hydrogen-bond donors (Lipinski definition) is 1. The van der Waals surface area contributed by atoms with Crippen LogP contribution < -0.4 is 10.6 Å². The van der Waals surface area contributed by atoms with Crippen molar-refractivity contribution in [1.82, 2.24) is 9.97 Å². The topological polar surface area (TPSA) is 89.2 Å². The molecule has 1 aliphatic heterocycles. The van der Waals surface area contributed by atoms with E-state index in [-0.39, 0.29) is 17.5 Å². The molecule has 0 saturated carbocycles. The number of aryl methyl sites for hydroxylation is 1. The smallest absolute Gasteiger partial charge is 0.268 e. The Hall–Kier alpha value is -3.25. The molecule has 2 N–H and O–H groups in total. The standard InChI is InChI=1S/C25H23ClN4O2/c1-30-21-7-5-14(11-15(21)6-8-22(30)31)19-12-28-13-20-16(3-2-4-17(19)20)18-9-10-29-24(23(18)26)25(27)32/h5,7,9-13,16H,2-4,6,8H2,1H3,(H2,27,32)/t16-/m0/s1. The van der Waals surface area contributed by atoms with Gasteiger partial charge in [0.25, 0.3) is 5.91 Å². The molecule has 0 fully saturated rings. The molecule has 1 aliphatic carbocycles. The number of nitrogens with two attached hydrogens (primary N) is 1. The van der Waals surface area contributed by atoms with Gasteiger partial charge in [-0.05, 0) is 71.7 Å². The van der Waals surface area contributed by atoms with Crippen LogP contribution in [0.2, 0.25) is 5.02 Å². The second kappa shape index (κ2) is 8.02. The van der Waals surface area contributed by atoms with Gasteiger partial charge in [-0.3, -0.25) is 14.6 Å². The van der Waals surface area contributed by atoms with Crippen LogP contribution in [0.1, 0.15) is 57.9 Å². The van der Waals surface area contributed by atoms with Crippen LogP contribution in [-0.2, 0) is 17.6 Å². The average molecular weight is 447 g/mol. The van der Waals surface area contributed by atoms with Gasteiger partial charge in [-0.25, -0.2) is 4.98 Å². The van der Waals surface area contributed by atoms with Crippen molar-refractivity contribution in [2.24, 2.45) is 5.73 Å². The van der Waals surface area contributed by atoms with E-state index in [4.69, 9.17) is 17.3 Å². The first-order valence-corrected chi connectivity index (χ1v) is 11.1. The summed E-state index contributed by atoms with van der Waals surface area (Å²) in [6.07, 6.45) is 9.57. The fourth-order valence-corrected chi connectivity index (χ4v) is 5.35. The van der Waals surface area contributed by atoms with Gasteiger partial charge in [-0.2, -0.15) is 0 Å². The average Bonchev–Trinajstić information content (AvgIpc) is 2.80. The van der Waals surface area contributed by atoms with E-state index in [1.54, 1.807) is 11.1 Å². The summed E-state index contributed by atoms with van der Waals surface area (Å²) in [6, 6.07) is 8.15. The highest BCUT2D eigenvalue weighted by atomic mass is 35.5. The van der Waals surface area contributed by atoms with Gasteiger partial charge in [0.1, 0.15) is 5.69 Å². The summed E-state index contributed by atoms with van der Waals surface area (Å²) in [5.41, 5.74) is 13.2. The molecule has 1 atom stereocenters. The lowest BCUT2D eigenvalue weighted by Gasteiger charge is -2.29. The largest absolute Gasteiger partial charge is 0.364 e. The summed E-state index contributed by atoms with van der Waals surface area (Å²) in [5.74, 6) is -0.449. The lowest BCUT2D eigenvalue weighted by atomic mass is 9.77. The number of aromatic nitrogens is 2. The Morgan fingerprint density at radius 1 is 1.16 bits per heavy atom. The normalized spacial score (nSPS) is 17.6. The van der Waals surface area contributed by atoms with Crippen molar-refractivity contribution < 1.29 is 9.59 Å². The second-order valence-corrected chi connectivity index (χ2v) is 8.80. The first-order chi connectivity index (χ1) is 15.5. The van der Waals surface area contributed by atoms with Gasteiger partial charge in [0.05, 0.1) is 5.02 Å². The Morgan fingerprint density at radius 2 is 2.00 bits per heavy atom. The van der Waals surface area contributed by atoms with E-state index in [2.05, 4.69) is 22.1 Å². The lowest BCUT2D eigenvalue weighted by Crippen LogP contribution is -2.31. The zero-order valence-corrected chi connectivity index (χ0v) is 18.5. The van der Waals surface area contributed by atoms with E-state index in [9.17, 15) is 9.59 Å². The maximum atomic E-state index is 12.0. The van der Waals surface area contributed by atoms with E-state index in [1.165, 1.54) is 11.1 Å². The molecular weight excluding hydrogens is 424 g/mol. The molecule has 5 rings (SSSR count). The molecule has 2 aromatic heterocycles. The van der Waals surface area contributed by atoms with Crippen molar-refractivity contribution in [3.05, 3.63) is 75.8 Å². The van der Waals surface area contributed by atoms with E-state index < -0.39 is 5.91 Å². The molecule has 162 valence electrons. The maximum absolute atomic E-state index is 12.0. The van der Waals surface area contributed by atoms with E-state index in [0.717, 1.165) is 53.6 Å². The number of anilines is 1. The van der Waals surface area contributed by atoms with Crippen molar-refractivity contribution in [3.8, 4) is 11.1 Å². The molecule has 6 nitrogen and oxygen atoms in total. The van der Waals surface area contributed by atoms with Gasteiger partial charge in [0, 0.05) is 49.2 Å². The third-order valence-corrected chi connectivity index (χ3v) is 7.05. The molecule has 3 heterocycles. The van der Waals surface area contributed by atoms with Crippen LogP contribution in [0.15, 0.2) is 42.9 Å². The van der Waals surface area contributed by atoms with Crippen LogP contribution in [0.4, 0.5) is 5.69 Å². The number of primary amides is 1. The maximum Gasteiger partial charge on any atom is 0.268 e. The number of amides is 2. The summed E-state index contributed by atoms with van der Waals surface area (Å²) in [7, 11) is 1.83. The monoisotopic (exact) mass is 446 g/mol. The highest BCUT2D eigenvalue weighted by Gasteiger charge is 2.28. The van der Waals surface area contributed by atoms with Crippen LogP contribution >= 0.6 is 11.6 Å². The lowest BCUT2D eigenvalue weighted by molar-refractivity contribution is -0.118. The van der Waals surface area contributed by atoms with Crippen LogP contribution in [0.25, 0.3) is 11.1 Å². The van der Waals surface area contributed by atoms with E-state index in [1.807, 2.05) is 31.6 Å². The predicted octanol–water partition coefficient (Wildman–Crippen LogP) is 4.27. The minimum Gasteiger partial charge on any atom is -0.364 e. The molecule has 0 unspecified atom stereocenters. The first-order valence-electron chi connectivity index (χ1n) is 10.8. The fourth-order valence-electron chi connectivity index (χ4n) is 5.02. The zero-order chi connectivity index (χ0) is 22.4. The van der Waals surface area contributed by atoms with Crippen LogP contribution in [0.3, 0.4) is 0 Å². The summed E-state index contributed by atoms with van der Waals surface area (Å²) in [5, 5.41) is 0.324. The summed E-state index contributed by atoms with van der Waals surface area (Å²) in [6.45, 7) is 0. The molecule has 0 saturated heterocycles. The molecular formula is C25H23ClN4O2. The van der Waals surface area contributed by atoms with Crippen molar-refractivity contribution >= 4 is 29.1 Å². The molecule has 1 aromatic carbocycles. The molecule has 0 bridgehead atoms. The molecule has 32 heavy (non-hydrogen) atoms. The number of benzene rings is 1. The Balaban J connectivity index is 1.59. The first kappa shape index (κ1) is 20.6. The van der Waals surface area contributed by atoms with Crippen LogP contribution in [-0.4, -0.2) is 28.8 Å². The Bertz CT molecular complexity index is 1260. The minimum absolute atomic E-state index is 0.0289. The van der Waals surface area contributed by atoms with Gasteiger partial charge < -0.3 is 10.6 Å². The summed E-state index contributed by atoms with van der Waals surface area (Å²) < 4.78 is 0. The van der Waals surface area contributed by atoms with Crippen molar-refractivity contribution in [3.63, 3.8) is 0 Å². The number of nitrogens with zero attached hydrogens (tertiary/aromatic N) is 3. The van der Waals surface area contributed by atoms with E-state index in [0.29, 0.717) is 11.4 Å². The van der Waals surface area contributed by atoms with Gasteiger partial charge in [0.2, 0.25) is 5.91 Å². The summed E-state index contributed by atoms with van der Waals surface area (Å²) >= 11 is 6.55. The zero-order valence-electron chi connectivity index (χ0n) is 17.8. The molecule has 2 aliphatic rings. The van der Waals surface area contributed by atoms with Gasteiger partial charge in [-0.15, -0.1) is 0 Å². The number of fused-ring (bicyclic) bond motifs is 2. The van der Waals surface area contributed by atoms with Crippen molar-refractivity contribution in [2.45, 2.75) is 38.0 Å². The van der Waals surface area contributed by atoms with Crippen LogP contribution in [0, 0.1) is 0 Å². The molecule has 0 spiro atoms. The van der Waals surface area contributed by atoms with Gasteiger partial charge >= 0.3 is 0 Å². The number of carbonyl (C=O) groups excluding carboxylic acids is 2. The fraction of sp³-hybridized carbons (Fsp3) is 0.280. The molecule has 2 amide bonds. The third-order valence-electron chi connectivity index (χ3n) is 6.65. The number of halogens is 1. The SMILES string of the molecule is CN1C(=O)CCc2cc(-c3cncc4c3CCC[C@H]4c3ccnc(C(N)=O)c3Cl)ccc21. The predicted molar refractivity (Wildman–Crippen MR) is 124 cm³/mol. The molecule has 7 heteroatoms. The number of pyridine rings is 2. The second-order valence-electron chi connectivity index (χ2n) is 8.42. The van der Waals surface area contributed by atoms with Gasteiger partial charge in [0.15, 0.2) is 0 Å². The number of hydrogen-bond acceptors (Lipinski definition) is 4. The molecule has 0 radical (unpaired) electrons. The van der Waals surface area contributed by atoms with Crippen LogP contribution in [0.5, 0.6) is 0 Å². The van der Waals surface area contributed by atoms with Gasteiger partial charge in [-0.1, -0.05) is 17.7 Å². The third kappa shape index (κ3) is 3.35. The Kier molecular flexibility index (Phi) is 5.18. The number of rotatable bonds is 3.